The lowest BCUT2D eigenvalue weighted by Crippen LogP contribution is -2.13. The van der Waals surface area contributed by atoms with Crippen LogP contribution in [0.4, 0.5) is 0 Å². The quantitative estimate of drug-likeness (QED) is 0.715. The zero-order chi connectivity index (χ0) is 19.1. The predicted octanol–water partition coefficient (Wildman–Crippen LogP) is 3.67. The molecule has 1 N–H and O–H groups in total. The van der Waals surface area contributed by atoms with Crippen molar-refractivity contribution in [2.45, 2.75) is 13.1 Å². The van der Waals surface area contributed by atoms with Gasteiger partial charge in [-0.2, -0.15) is 0 Å². The summed E-state index contributed by atoms with van der Waals surface area (Å²) in [6.07, 6.45) is 0. The van der Waals surface area contributed by atoms with E-state index in [-0.39, 0.29) is 0 Å². The van der Waals surface area contributed by atoms with E-state index in [2.05, 4.69) is 5.32 Å². The van der Waals surface area contributed by atoms with E-state index in [0.717, 1.165) is 11.1 Å². The Morgan fingerprint density at radius 3 is 1.73 bits per heavy atom. The Labute approximate surface area is 158 Å². The average molecular weight is 382 g/mol. The second-order valence-electron chi connectivity index (χ2n) is 5.44. The summed E-state index contributed by atoms with van der Waals surface area (Å²) in [6, 6.07) is 7.43. The first-order chi connectivity index (χ1) is 12.6. The lowest BCUT2D eigenvalue weighted by molar-refractivity contribution is 0.323. The monoisotopic (exact) mass is 381 g/mol. The number of methoxy groups -OCH3 is 5. The Kier molecular flexibility index (Phi) is 7.24. The number of hydrogen-bond donors (Lipinski definition) is 1. The third kappa shape index (κ3) is 4.45. The second kappa shape index (κ2) is 9.40. The summed E-state index contributed by atoms with van der Waals surface area (Å²) in [4.78, 5) is 0. The summed E-state index contributed by atoms with van der Waals surface area (Å²) in [5.74, 6) is 3.05. The largest absolute Gasteiger partial charge is 0.493 e. The SMILES string of the molecule is COc1cc(Cl)c(CNCc2cc(OC)c(OC)c(OC)c2)cc1OC. The molecule has 6 nitrogen and oxygen atoms in total. The standard InChI is InChI=1S/C19H24ClNO5/c1-22-15-8-13(14(20)9-16(15)23-2)11-21-10-12-6-17(24-3)19(26-5)18(7-12)25-4/h6-9,21H,10-11H2,1-5H3. The van der Waals surface area contributed by atoms with E-state index in [1.54, 1.807) is 41.6 Å². The fraction of sp³-hybridized carbons (Fsp3) is 0.368. The smallest absolute Gasteiger partial charge is 0.203 e. The third-order valence-corrected chi connectivity index (χ3v) is 4.27. The van der Waals surface area contributed by atoms with Crippen molar-refractivity contribution >= 4 is 11.6 Å². The van der Waals surface area contributed by atoms with Crippen LogP contribution in [0, 0.1) is 0 Å². The first kappa shape index (κ1) is 20.0. The number of nitrogens with one attached hydrogen (secondary N) is 1. The van der Waals surface area contributed by atoms with Crippen LogP contribution >= 0.6 is 11.6 Å². The Hall–Kier alpha value is -2.31. The topological polar surface area (TPSA) is 58.2 Å². The van der Waals surface area contributed by atoms with Crippen LogP contribution in [0.2, 0.25) is 5.02 Å². The van der Waals surface area contributed by atoms with Gasteiger partial charge in [0.1, 0.15) is 0 Å². The molecule has 0 unspecified atom stereocenters. The predicted molar refractivity (Wildman–Crippen MR) is 101 cm³/mol. The van der Waals surface area contributed by atoms with Gasteiger partial charge in [-0.15, -0.1) is 0 Å². The molecule has 26 heavy (non-hydrogen) atoms. The second-order valence-corrected chi connectivity index (χ2v) is 5.84. The van der Waals surface area contributed by atoms with Gasteiger partial charge in [0.15, 0.2) is 23.0 Å². The highest BCUT2D eigenvalue weighted by atomic mass is 35.5. The zero-order valence-electron chi connectivity index (χ0n) is 15.6. The Balaban J connectivity index is 2.13. The molecule has 0 bridgehead atoms. The fourth-order valence-corrected chi connectivity index (χ4v) is 2.83. The minimum Gasteiger partial charge on any atom is -0.493 e. The fourth-order valence-electron chi connectivity index (χ4n) is 2.61. The van der Waals surface area contributed by atoms with E-state index < -0.39 is 0 Å². The summed E-state index contributed by atoms with van der Waals surface area (Å²) in [5.41, 5.74) is 1.91. The van der Waals surface area contributed by atoms with Crippen LogP contribution in [0.1, 0.15) is 11.1 Å². The molecule has 2 aromatic rings. The maximum Gasteiger partial charge on any atom is 0.203 e. The van der Waals surface area contributed by atoms with Crippen molar-refractivity contribution in [3.05, 3.63) is 40.4 Å². The van der Waals surface area contributed by atoms with Crippen molar-refractivity contribution in [1.82, 2.24) is 5.32 Å². The molecule has 0 radical (unpaired) electrons. The Bertz CT molecular complexity index is 726. The van der Waals surface area contributed by atoms with Gasteiger partial charge in [0.05, 0.1) is 35.5 Å². The normalized spacial score (nSPS) is 10.4. The van der Waals surface area contributed by atoms with Gasteiger partial charge in [0.25, 0.3) is 0 Å². The highest BCUT2D eigenvalue weighted by Crippen LogP contribution is 2.38. The molecule has 0 atom stereocenters. The molecule has 0 heterocycles. The molecular weight excluding hydrogens is 358 g/mol. The minimum absolute atomic E-state index is 0.565. The minimum atomic E-state index is 0.565. The van der Waals surface area contributed by atoms with Crippen molar-refractivity contribution < 1.29 is 23.7 Å². The highest BCUT2D eigenvalue weighted by molar-refractivity contribution is 6.31. The molecule has 0 aliphatic carbocycles. The van der Waals surface area contributed by atoms with Crippen molar-refractivity contribution in [3.63, 3.8) is 0 Å². The Morgan fingerprint density at radius 2 is 1.23 bits per heavy atom. The maximum atomic E-state index is 6.32. The molecule has 0 saturated heterocycles. The Morgan fingerprint density at radius 1 is 0.692 bits per heavy atom. The zero-order valence-corrected chi connectivity index (χ0v) is 16.4. The molecule has 0 fully saturated rings. The maximum absolute atomic E-state index is 6.32. The summed E-state index contributed by atoms with van der Waals surface area (Å²) < 4.78 is 26.7. The number of halogens is 1. The number of ether oxygens (including phenoxy) is 5. The van der Waals surface area contributed by atoms with Crippen LogP contribution in [0.15, 0.2) is 24.3 Å². The lowest BCUT2D eigenvalue weighted by Gasteiger charge is -2.15. The van der Waals surface area contributed by atoms with E-state index in [1.807, 2.05) is 18.2 Å². The molecule has 0 saturated carbocycles. The van der Waals surface area contributed by atoms with Crippen LogP contribution in [0.5, 0.6) is 28.7 Å². The van der Waals surface area contributed by atoms with Crippen molar-refractivity contribution in [2.24, 2.45) is 0 Å². The average Bonchev–Trinajstić information content (AvgIpc) is 2.67. The lowest BCUT2D eigenvalue weighted by atomic mass is 10.1. The summed E-state index contributed by atoms with van der Waals surface area (Å²) in [6.45, 7) is 1.16. The van der Waals surface area contributed by atoms with E-state index in [1.165, 1.54) is 0 Å². The molecule has 142 valence electrons. The molecular formula is C19H24ClNO5. The molecule has 0 amide bonds. The van der Waals surface area contributed by atoms with Crippen LogP contribution in [-0.4, -0.2) is 35.5 Å². The van der Waals surface area contributed by atoms with Crippen molar-refractivity contribution in [1.29, 1.82) is 0 Å². The van der Waals surface area contributed by atoms with E-state index in [9.17, 15) is 0 Å². The van der Waals surface area contributed by atoms with Crippen molar-refractivity contribution in [3.8, 4) is 28.7 Å². The highest BCUT2D eigenvalue weighted by Gasteiger charge is 2.13. The molecule has 0 spiro atoms. The van der Waals surface area contributed by atoms with Gasteiger partial charge in [0.2, 0.25) is 5.75 Å². The molecule has 7 heteroatoms. The third-order valence-electron chi connectivity index (χ3n) is 3.92. The van der Waals surface area contributed by atoms with Gasteiger partial charge in [-0.1, -0.05) is 11.6 Å². The van der Waals surface area contributed by atoms with Crippen LogP contribution in [0.3, 0.4) is 0 Å². The van der Waals surface area contributed by atoms with Gasteiger partial charge in [-0.3, -0.25) is 0 Å². The van der Waals surface area contributed by atoms with Gasteiger partial charge in [-0.25, -0.2) is 0 Å². The molecule has 2 aromatic carbocycles. The number of benzene rings is 2. The first-order valence-corrected chi connectivity index (χ1v) is 8.35. The van der Waals surface area contributed by atoms with Gasteiger partial charge in [-0.05, 0) is 29.3 Å². The molecule has 0 aromatic heterocycles. The van der Waals surface area contributed by atoms with Crippen molar-refractivity contribution in [2.75, 3.05) is 35.5 Å². The van der Waals surface area contributed by atoms with Crippen LogP contribution < -0.4 is 29.0 Å². The number of rotatable bonds is 9. The first-order valence-electron chi connectivity index (χ1n) is 7.97. The molecule has 2 rings (SSSR count). The summed E-state index contributed by atoms with van der Waals surface area (Å²) in [5, 5.41) is 3.97. The van der Waals surface area contributed by atoms with E-state index >= 15 is 0 Å². The molecule has 0 aliphatic heterocycles. The van der Waals surface area contributed by atoms with Crippen LogP contribution in [-0.2, 0) is 13.1 Å². The van der Waals surface area contributed by atoms with Gasteiger partial charge >= 0.3 is 0 Å². The van der Waals surface area contributed by atoms with Gasteiger partial charge < -0.3 is 29.0 Å². The number of hydrogen-bond acceptors (Lipinski definition) is 6. The van der Waals surface area contributed by atoms with Gasteiger partial charge in [0, 0.05) is 24.2 Å². The summed E-state index contributed by atoms with van der Waals surface area (Å²) in [7, 11) is 7.95. The van der Waals surface area contributed by atoms with E-state index in [0.29, 0.717) is 46.9 Å². The molecule has 0 aliphatic rings. The van der Waals surface area contributed by atoms with Crippen LogP contribution in [0.25, 0.3) is 0 Å². The van der Waals surface area contributed by atoms with E-state index in [4.69, 9.17) is 35.3 Å². The summed E-state index contributed by atoms with van der Waals surface area (Å²) >= 11 is 6.32.